The van der Waals surface area contributed by atoms with Crippen LogP contribution in [-0.2, 0) is 0 Å². The minimum absolute atomic E-state index is 0.278. The van der Waals surface area contributed by atoms with Crippen LogP contribution in [0.15, 0.2) is 0 Å². The summed E-state index contributed by atoms with van der Waals surface area (Å²) >= 11 is 0. The Morgan fingerprint density at radius 1 is 1.08 bits per heavy atom. The first-order valence-electron chi connectivity index (χ1n) is 2.48. The van der Waals surface area contributed by atoms with Crippen LogP contribution in [0.5, 0.6) is 0 Å². The van der Waals surface area contributed by atoms with Crippen molar-refractivity contribution in [1.29, 1.82) is 10.8 Å². The molecule has 0 aromatic rings. The summed E-state index contributed by atoms with van der Waals surface area (Å²) in [6.45, 7) is 0. The summed E-state index contributed by atoms with van der Waals surface area (Å²) < 4.78 is 0. The molecule has 9 nitrogen and oxygen atoms in total. The summed E-state index contributed by atoms with van der Waals surface area (Å²) in [4.78, 5) is 8.56. The molecule has 10 N–H and O–H groups in total. The van der Waals surface area contributed by atoms with Crippen molar-refractivity contribution >= 4 is 18.1 Å². The van der Waals surface area contributed by atoms with Gasteiger partial charge in [0.15, 0.2) is 0 Å². The minimum atomic E-state index is -1.83. The highest BCUT2D eigenvalue weighted by Crippen LogP contribution is 1.43. The van der Waals surface area contributed by atoms with Gasteiger partial charge >= 0.3 is 6.16 Å². The standard InChI is InChI=1S/C2H8N6.CH2O3/c3-1(4)7-8-2(5)6;2-1(3)4/h(H4,3,4,7)(H4,5,6,8);(H2,2,3,4). The molecule has 0 saturated carbocycles. The summed E-state index contributed by atoms with van der Waals surface area (Å²) in [5.41, 5.74) is 13.8. The summed E-state index contributed by atoms with van der Waals surface area (Å²) in [7, 11) is 0. The highest BCUT2D eigenvalue weighted by Gasteiger charge is 1.82. The molecule has 0 radical (unpaired) electrons. The van der Waals surface area contributed by atoms with Crippen LogP contribution in [-0.4, -0.2) is 28.3 Å². The highest BCUT2D eigenvalue weighted by atomic mass is 16.6. The molecule has 0 spiro atoms. The molecule has 70 valence electrons. The molecule has 9 heteroatoms. The van der Waals surface area contributed by atoms with Crippen molar-refractivity contribution in [3.05, 3.63) is 0 Å². The van der Waals surface area contributed by atoms with Gasteiger partial charge in [0.2, 0.25) is 11.9 Å². The third-order valence-corrected chi connectivity index (χ3v) is 0.332. The molecule has 0 atom stereocenters. The smallest absolute Gasteiger partial charge is 0.450 e. The van der Waals surface area contributed by atoms with Crippen LogP contribution in [0.1, 0.15) is 0 Å². The summed E-state index contributed by atoms with van der Waals surface area (Å²) in [6.07, 6.45) is -1.83. The van der Waals surface area contributed by atoms with Crippen molar-refractivity contribution in [1.82, 2.24) is 10.9 Å². The molecule has 0 aliphatic heterocycles. The van der Waals surface area contributed by atoms with E-state index in [-0.39, 0.29) is 11.9 Å². The van der Waals surface area contributed by atoms with Gasteiger partial charge < -0.3 is 21.7 Å². The van der Waals surface area contributed by atoms with Crippen molar-refractivity contribution in [2.45, 2.75) is 0 Å². The summed E-state index contributed by atoms with van der Waals surface area (Å²) in [5.74, 6) is -0.555. The van der Waals surface area contributed by atoms with E-state index in [9.17, 15) is 0 Å². The molecule has 0 aromatic heterocycles. The van der Waals surface area contributed by atoms with Gasteiger partial charge in [-0.1, -0.05) is 0 Å². The van der Waals surface area contributed by atoms with Gasteiger partial charge in [0, 0.05) is 0 Å². The van der Waals surface area contributed by atoms with E-state index in [2.05, 4.69) is 10.9 Å². The van der Waals surface area contributed by atoms with Gasteiger partial charge in [-0.2, -0.15) is 0 Å². The van der Waals surface area contributed by atoms with Crippen molar-refractivity contribution < 1.29 is 15.0 Å². The van der Waals surface area contributed by atoms with Gasteiger partial charge in [0.1, 0.15) is 0 Å². The molecule has 12 heavy (non-hydrogen) atoms. The molecule has 0 fully saturated rings. The molecule has 0 saturated heterocycles. The third kappa shape index (κ3) is 45.9. The zero-order valence-corrected chi connectivity index (χ0v) is 5.96. The zero-order valence-electron chi connectivity index (χ0n) is 5.96. The Labute approximate surface area is 67.3 Å². The van der Waals surface area contributed by atoms with Crippen molar-refractivity contribution in [2.75, 3.05) is 0 Å². The SMILES string of the molecule is N=C(N)NNC(=N)N.O=C(O)O. The van der Waals surface area contributed by atoms with Gasteiger partial charge in [-0.15, -0.1) is 0 Å². The van der Waals surface area contributed by atoms with Crippen LogP contribution in [0.4, 0.5) is 4.79 Å². The maximum atomic E-state index is 8.56. The quantitative estimate of drug-likeness (QED) is 0.121. The Kier molecular flexibility index (Phi) is 7.20. The first-order valence-corrected chi connectivity index (χ1v) is 2.48. The van der Waals surface area contributed by atoms with E-state index in [4.69, 9.17) is 37.3 Å². The molecular formula is C3H10N6O3. The zero-order chi connectivity index (χ0) is 10.1. The van der Waals surface area contributed by atoms with Crippen molar-refractivity contribution in [3.63, 3.8) is 0 Å². The lowest BCUT2D eigenvalue weighted by atomic mass is 11.0. The molecule has 0 heterocycles. The fraction of sp³-hybridized carbons (Fsp3) is 0. The number of hydrogen-bond donors (Lipinski definition) is 8. The minimum Gasteiger partial charge on any atom is -0.450 e. The van der Waals surface area contributed by atoms with Crippen LogP contribution >= 0.6 is 0 Å². The van der Waals surface area contributed by atoms with E-state index in [1.54, 1.807) is 0 Å². The third-order valence-electron chi connectivity index (χ3n) is 0.332. The van der Waals surface area contributed by atoms with Crippen LogP contribution in [0, 0.1) is 10.8 Å². The lowest BCUT2D eigenvalue weighted by Gasteiger charge is -2.02. The number of carbonyl (C=O) groups is 1. The maximum Gasteiger partial charge on any atom is 0.503 e. The lowest BCUT2D eigenvalue weighted by molar-refractivity contribution is 0.137. The van der Waals surface area contributed by atoms with E-state index >= 15 is 0 Å². The molecule has 0 amide bonds. The van der Waals surface area contributed by atoms with E-state index in [0.29, 0.717) is 0 Å². The number of hydrazine groups is 1. The number of hydrogen-bond acceptors (Lipinski definition) is 3. The second kappa shape index (κ2) is 6.92. The average molecular weight is 178 g/mol. The monoisotopic (exact) mass is 178 g/mol. The molecule has 0 unspecified atom stereocenters. The summed E-state index contributed by atoms with van der Waals surface area (Å²) in [6, 6.07) is 0. The Bertz CT molecular complexity index is 161. The number of carboxylic acid groups (broad SMARTS) is 2. The van der Waals surface area contributed by atoms with Crippen molar-refractivity contribution in [3.8, 4) is 0 Å². The Balaban J connectivity index is 0. The van der Waals surface area contributed by atoms with Crippen LogP contribution in [0.25, 0.3) is 0 Å². The van der Waals surface area contributed by atoms with Crippen LogP contribution in [0.3, 0.4) is 0 Å². The fourth-order valence-corrected chi connectivity index (χ4v) is 0.135. The second-order valence-electron chi connectivity index (χ2n) is 1.36. The molecule has 0 bridgehead atoms. The van der Waals surface area contributed by atoms with E-state index in [1.807, 2.05) is 0 Å². The number of rotatable bonds is 0. The van der Waals surface area contributed by atoms with Gasteiger partial charge in [0.25, 0.3) is 0 Å². The number of nitrogens with two attached hydrogens (primary N) is 2. The molecule has 0 aromatic carbocycles. The van der Waals surface area contributed by atoms with E-state index in [0.717, 1.165) is 0 Å². The normalized spacial score (nSPS) is 7.00. The lowest BCUT2D eigenvalue weighted by Crippen LogP contribution is -2.47. The molecule has 0 aliphatic carbocycles. The summed E-state index contributed by atoms with van der Waals surface area (Å²) in [5, 5.41) is 27.0. The fourth-order valence-electron chi connectivity index (χ4n) is 0.135. The van der Waals surface area contributed by atoms with Gasteiger partial charge in [0.05, 0.1) is 0 Å². The molecular weight excluding hydrogens is 168 g/mol. The predicted octanol–water partition coefficient (Wildman–Crippen LogP) is -1.91. The average Bonchev–Trinajstić information content (AvgIpc) is 1.82. The van der Waals surface area contributed by atoms with Crippen LogP contribution < -0.4 is 22.3 Å². The van der Waals surface area contributed by atoms with Crippen LogP contribution in [0.2, 0.25) is 0 Å². The number of guanidine groups is 2. The highest BCUT2D eigenvalue weighted by molar-refractivity contribution is 5.80. The van der Waals surface area contributed by atoms with Crippen molar-refractivity contribution in [2.24, 2.45) is 11.5 Å². The van der Waals surface area contributed by atoms with Gasteiger partial charge in [-0.3, -0.25) is 21.7 Å². The Morgan fingerprint density at radius 3 is 1.33 bits per heavy atom. The van der Waals surface area contributed by atoms with E-state index < -0.39 is 6.16 Å². The van der Waals surface area contributed by atoms with Gasteiger partial charge in [-0.25, -0.2) is 4.79 Å². The molecule has 0 rings (SSSR count). The Morgan fingerprint density at radius 2 is 1.25 bits per heavy atom. The molecule has 0 aliphatic rings. The number of nitrogens with one attached hydrogen (secondary N) is 4. The maximum absolute atomic E-state index is 8.56. The second-order valence-corrected chi connectivity index (χ2v) is 1.36. The van der Waals surface area contributed by atoms with Gasteiger partial charge in [-0.05, 0) is 0 Å². The first-order chi connectivity index (χ1) is 5.36. The first kappa shape index (κ1) is 12.5. The Hall–Kier alpha value is -2.19. The topological polar surface area (TPSA) is 181 Å². The predicted molar refractivity (Wildman–Crippen MR) is 40.8 cm³/mol. The largest absolute Gasteiger partial charge is 0.503 e. The van der Waals surface area contributed by atoms with E-state index in [1.165, 1.54) is 0 Å².